The van der Waals surface area contributed by atoms with E-state index in [9.17, 15) is 34.5 Å². The van der Waals surface area contributed by atoms with Crippen LogP contribution in [0.1, 0.15) is 78.6 Å². The molecule has 2 rings (SSSR count). The summed E-state index contributed by atoms with van der Waals surface area (Å²) in [7, 11) is 0. The first kappa shape index (κ1) is 28.5. The minimum Gasteiger partial charge on any atom is -0.480 e. The maximum absolute atomic E-state index is 13.7. The zero-order chi connectivity index (χ0) is 25.5. The van der Waals surface area contributed by atoms with E-state index in [1.54, 1.807) is 0 Å². The number of carbonyl (C=O) groups is 4. The van der Waals surface area contributed by atoms with Crippen LogP contribution >= 0.6 is 11.8 Å². The number of hydrogen-bond donors (Lipinski definition) is 4. The number of aliphatic hydroxyl groups is 2. The second-order valence-corrected chi connectivity index (χ2v) is 10.8. The third kappa shape index (κ3) is 6.10. The summed E-state index contributed by atoms with van der Waals surface area (Å²) in [5.74, 6) is -3.51. The van der Waals surface area contributed by atoms with Gasteiger partial charge in [0.05, 0.1) is 11.7 Å². The van der Waals surface area contributed by atoms with Crippen LogP contribution in [0.15, 0.2) is 12.2 Å². The predicted octanol–water partition coefficient (Wildman–Crippen LogP) is 2.85. The predicted molar refractivity (Wildman–Crippen MR) is 130 cm³/mol. The van der Waals surface area contributed by atoms with Crippen molar-refractivity contribution in [3.8, 4) is 0 Å². The van der Waals surface area contributed by atoms with Crippen molar-refractivity contribution in [2.75, 3.05) is 5.75 Å². The van der Waals surface area contributed by atoms with Crippen molar-refractivity contribution >= 4 is 34.5 Å². The number of allylic oxidation sites excluding steroid dienone is 1. The minimum atomic E-state index is -1.78. The van der Waals surface area contributed by atoms with E-state index in [0.29, 0.717) is 24.6 Å². The van der Waals surface area contributed by atoms with Crippen LogP contribution in [0, 0.1) is 17.3 Å². The minimum absolute atomic E-state index is 0.245. The molecule has 0 aromatic heterocycles. The molecule has 1 saturated carbocycles. The Bertz CT molecular complexity index is 796. The highest BCUT2D eigenvalue weighted by Crippen LogP contribution is 2.56. The summed E-state index contributed by atoms with van der Waals surface area (Å²) in [6, 6.07) is -1.30. The quantitative estimate of drug-likeness (QED) is 0.238. The Morgan fingerprint density at radius 3 is 2.53 bits per heavy atom. The lowest BCUT2D eigenvalue weighted by Crippen LogP contribution is -2.58. The number of aliphatic carboxylic acids is 1. The summed E-state index contributed by atoms with van der Waals surface area (Å²) in [6.07, 6.45) is 8.67. The number of aliphatic hydroxyl groups excluding tert-OH is 1. The maximum Gasteiger partial charge on any atom is 0.327 e. The van der Waals surface area contributed by atoms with Crippen LogP contribution in [-0.4, -0.2) is 61.6 Å². The summed E-state index contributed by atoms with van der Waals surface area (Å²) >= 11 is 0.651. The molecule has 0 heterocycles. The molecular weight excluding hydrogens is 458 g/mol. The number of amides is 1. The molecule has 8 nitrogen and oxygen atoms in total. The van der Waals surface area contributed by atoms with Gasteiger partial charge in [0.25, 0.3) is 0 Å². The normalized spacial score (nSPS) is 30.7. The summed E-state index contributed by atoms with van der Waals surface area (Å²) in [5.41, 5.74) is -3.53. The molecule has 0 bridgehead atoms. The summed E-state index contributed by atoms with van der Waals surface area (Å²) in [5, 5.41) is 34.4. The number of rotatable bonds is 12. The Morgan fingerprint density at radius 1 is 1.26 bits per heavy atom. The Morgan fingerprint density at radius 2 is 1.97 bits per heavy atom. The number of carbonyl (C=O) groups excluding carboxylic acids is 3. The maximum atomic E-state index is 13.7. The van der Waals surface area contributed by atoms with Gasteiger partial charge in [-0.1, -0.05) is 56.5 Å². The van der Waals surface area contributed by atoms with Gasteiger partial charge in [-0.2, -0.15) is 0 Å². The van der Waals surface area contributed by atoms with E-state index in [1.165, 1.54) is 13.8 Å². The fourth-order valence-corrected chi connectivity index (χ4v) is 6.60. The molecule has 6 atom stereocenters. The van der Waals surface area contributed by atoms with Gasteiger partial charge in [-0.15, -0.1) is 0 Å². The van der Waals surface area contributed by atoms with Crippen LogP contribution in [0.4, 0.5) is 0 Å². The van der Waals surface area contributed by atoms with Gasteiger partial charge in [-0.05, 0) is 32.6 Å². The van der Waals surface area contributed by atoms with E-state index in [1.807, 2.05) is 12.2 Å². The molecular formula is C25H39NO7S. The molecule has 0 spiro atoms. The standard InChI is InChI=1S/C25H39NO7S/c1-4-5-6-10-13-18-20(28)14-25(24(18,3)33,21(29)17-11-8-7-9-12-17)23(32)34-15-19(22(30)31)26-16(2)27/h8,11,17-19,21,29,33H,4-7,9-10,12-15H2,1-3H3,(H,26,27)(H,30,31)/t17-,18+,19?,21?,24+,25-/m1/s1. The number of ketones is 1. The van der Waals surface area contributed by atoms with Gasteiger partial charge in [0.2, 0.25) is 11.0 Å². The van der Waals surface area contributed by atoms with Crippen molar-refractivity contribution in [2.45, 2.75) is 96.3 Å². The van der Waals surface area contributed by atoms with Crippen molar-refractivity contribution in [3.63, 3.8) is 0 Å². The topological polar surface area (TPSA) is 141 Å². The third-order valence-electron chi connectivity index (χ3n) is 7.39. The largest absolute Gasteiger partial charge is 0.480 e. The van der Waals surface area contributed by atoms with Gasteiger partial charge < -0.3 is 20.6 Å². The molecule has 0 radical (unpaired) electrons. The first-order valence-corrected chi connectivity index (χ1v) is 13.2. The fourth-order valence-electron chi connectivity index (χ4n) is 5.40. The first-order valence-electron chi connectivity index (χ1n) is 12.3. The van der Waals surface area contributed by atoms with Crippen molar-refractivity contribution in [1.82, 2.24) is 5.32 Å². The van der Waals surface area contributed by atoms with Gasteiger partial charge in [0.15, 0.2) is 0 Å². The van der Waals surface area contributed by atoms with Crippen LogP contribution in [0.25, 0.3) is 0 Å². The number of hydrogen-bond acceptors (Lipinski definition) is 7. The molecule has 0 saturated heterocycles. The number of Topliss-reactive ketones (excluding diaryl/α,β-unsaturated/α-hetero) is 1. The molecule has 192 valence electrons. The van der Waals surface area contributed by atoms with Gasteiger partial charge in [0.1, 0.15) is 17.2 Å². The van der Waals surface area contributed by atoms with Crippen molar-refractivity contribution in [3.05, 3.63) is 12.2 Å². The lowest BCUT2D eigenvalue weighted by atomic mass is 9.64. The molecule has 1 amide bonds. The molecule has 9 heteroatoms. The molecule has 0 aromatic carbocycles. The van der Waals surface area contributed by atoms with Crippen LogP contribution in [0.5, 0.6) is 0 Å². The number of nitrogens with one attached hydrogen (secondary N) is 1. The second kappa shape index (κ2) is 12.3. The Balaban J connectivity index is 2.36. The first-order chi connectivity index (χ1) is 16.0. The molecule has 2 unspecified atom stereocenters. The lowest BCUT2D eigenvalue weighted by Gasteiger charge is -2.45. The molecule has 2 aliphatic rings. The van der Waals surface area contributed by atoms with Gasteiger partial charge in [0, 0.05) is 30.9 Å². The van der Waals surface area contributed by atoms with E-state index in [-0.39, 0.29) is 23.9 Å². The number of carboxylic acids is 1. The summed E-state index contributed by atoms with van der Waals surface area (Å²) in [6.45, 7) is 4.74. The van der Waals surface area contributed by atoms with Crippen molar-refractivity contribution < 1.29 is 34.5 Å². The highest BCUT2D eigenvalue weighted by molar-refractivity contribution is 8.13. The van der Waals surface area contributed by atoms with E-state index in [0.717, 1.165) is 38.5 Å². The molecule has 2 aliphatic carbocycles. The highest BCUT2D eigenvalue weighted by Gasteiger charge is 2.68. The van der Waals surface area contributed by atoms with Gasteiger partial charge in [-0.25, -0.2) is 4.79 Å². The Labute approximate surface area is 205 Å². The van der Waals surface area contributed by atoms with Crippen LogP contribution < -0.4 is 5.32 Å². The number of thioether (sulfide) groups is 1. The molecule has 0 aliphatic heterocycles. The Hall–Kier alpha value is -1.71. The third-order valence-corrected chi connectivity index (χ3v) is 8.52. The summed E-state index contributed by atoms with van der Waals surface area (Å²) in [4.78, 5) is 49.8. The van der Waals surface area contributed by atoms with Crippen molar-refractivity contribution in [1.29, 1.82) is 0 Å². The fraction of sp³-hybridized carbons (Fsp3) is 0.760. The average molecular weight is 498 g/mol. The van der Waals surface area contributed by atoms with E-state index in [2.05, 4.69) is 12.2 Å². The van der Waals surface area contributed by atoms with E-state index < -0.39 is 46.1 Å². The zero-order valence-electron chi connectivity index (χ0n) is 20.4. The highest BCUT2D eigenvalue weighted by atomic mass is 32.2. The van der Waals surface area contributed by atoms with Crippen LogP contribution in [-0.2, 0) is 19.2 Å². The number of unbranched alkanes of at least 4 members (excludes halogenated alkanes) is 3. The molecule has 0 aromatic rings. The van der Waals surface area contributed by atoms with Gasteiger partial charge in [-0.3, -0.25) is 14.4 Å². The molecule has 4 N–H and O–H groups in total. The zero-order valence-corrected chi connectivity index (χ0v) is 21.2. The van der Waals surface area contributed by atoms with Crippen LogP contribution in [0.2, 0.25) is 0 Å². The van der Waals surface area contributed by atoms with Crippen LogP contribution in [0.3, 0.4) is 0 Å². The van der Waals surface area contributed by atoms with Crippen molar-refractivity contribution in [2.24, 2.45) is 17.3 Å². The number of carboxylic acid groups (broad SMARTS) is 1. The lowest BCUT2D eigenvalue weighted by molar-refractivity contribution is -0.162. The van der Waals surface area contributed by atoms with E-state index >= 15 is 0 Å². The smallest absolute Gasteiger partial charge is 0.327 e. The van der Waals surface area contributed by atoms with E-state index in [4.69, 9.17) is 0 Å². The molecule has 34 heavy (non-hydrogen) atoms. The average Bonchev–Trinajstić information content (AvgIpc) is 2.99. The molecule has 1 fully saturated rings. The monoisotopic (exact) mass is 497 g/mol. The van der Waals surface area contributed by atoms with Gasteiger partial charge >= 0.3 is 5.97 Å². The SMILES string of the molecule is CCCCCC[C@H]1C(=O)C[C@](C(=O)SCC(NC(C)=O)C(=O)O)(C(O)[C@@H]2C=CCCC2)[C@@]1(C)O. The second-order valence-electron chi connectivity index (χ2n) is 9.82. The Kier molecular flexibility index (Phi) is 10.3. The summed E-state index contributed by atoms with van der Waals surface area (Å²) < 4.78 is 0.